The van der Waals surface area contributed by atoms with E-state index in [0.717, 1.165) is 0 Å². The zero-order valence-electron chi connectivity index (χ0n) is 8.73. The largest absolute Gasteiger partial charge is 0.372 e. The van der Waals surface area contributed by atoms with E-state index in [1.807, 2.05) is 18.2 Å². The molecule has 1 fully saturated rings. The van der Waals surface area contributed by atoms with Crippen LogP contribution in [0.4, 0.5) is 0 Å². The van der Waals surface area contributed by atoms with Crippen molar-refractivity contribution in [1.29, 1.82) is 5.26 Å². The maximum absolute atomic E-state index is 8.68. The van der Waals surface area contributed by atoms with E-state index in [0.29, 0.717) is 18.9 Å². The molecule has 1 aromatic rings. The summed E-state index contributed by atoms with van der Waals surface area (Å²) in [6.07, 6.45) is 3.12. The Kier molecular flexibility index (Phi) is 3.37. The van der Waals surface area contributed by atoms with Crippen LogP contribution in [0, 0.1) is 17.2 Å². The van der Waals surface area contributed by atoms with Gasteiger partial charge in [-0.25, -0.2) is 0 Å². The molecule has 2 heteroatoms. The molecule has 0 bridgehead atoms. The molecule has 1 aromatic carbocycles. The number of hydrogen-bond acceptors (Lipinski definition) is 2. The van der Waals surface area contributed by atoms with Crippen LogP contribution in [0.1, 0.15) is 24.8 Å². The highest BCUT2D eigenvalue weighted by Gasteiger charge is 2.31. The molecule has 0 radical (unpaired) electrons. The molecule has 2 nitrogen and oxygen atoms in total. The van der Waals surface area contributed by atoms with Crippen molar-refractivity contribution in [3.63, 3.8) is 0 Å². The second-order valence-corrected chi connectivity index (χ2v) is 4.03. The maximum Gasteiger partial charge on any atom is 0.0737 e. The van der Waals surface area contributed by atoms with Gasteiger partial charge in [-0.3, -0.25) is 0 Å². The molecule has 0 heterocycles. The number of nitriles is 1. The van der Waals surface area contributed by atoms with Gasteiger partial charge in [0, 0.05) is 0 Å². The highest BCUT2D eigenvalue weighted by Crippen LogP contribution is 2.36. The zero-order chi connectivity index (χ0) is 10.5. The van der Waals surface area contributed by atoms with Gasteiger partial charge in [0.25, 0.3) is 0 Å². The first-order valence-electron chi connectivity index (χ1n) is 5.42. The van der Waals surface area contributed by atoms with Gasteiger partial charge in [0.15, 0.2) is 0 Å². The van der Waals surface area contributed by atoms with E-state index in [2.05, 4.69) is 18.2 Å². The fraction of sp³-hybridized carbons (Fsp3) is 0.462. The Labute approximate surface area is 90.5 Å². The van der Waals surface area contributed by atoms with Crippen molar-refractivity contribution >= 4 is 0 Å². The average molecular weight is 201 g/mol. The number of ether oxygens (including phenoxy) is 1. The molecule has 0 aromatic heterocycles. The molecular formula is C13H15NO. The lowest BCUT2D eigenvalue weighted by Crippen LogP contribution is -2.14. The molecule has 1 aliphatic rings. The molecule has 1 atom stereocenters. The third kappa shape index (κ3) is 3.07. The first-order chi connectivity index (χ1) is 7.40. The Morgan fingerprint density at radius 2 is 2.07 bits per heavy atom. The smallest absolute Gasteiger partial charge is 0.0737 e. The second kappa shape index (κ2) is 4.95. The fourth-order valence-electron chi connectivity index (χ4n) is 1.70. The molecule has 0 aliphatic heterocycles. The lowest BCUT2D eigenvalue weighted by atomic mass is 10.1. The minimum absolute atomic E-state index is 0.148. The predicted molar refractivity (Wildman–Crippen MR) is 58.0 cm³/mol. The van der Waals surface area contributed by atoms with Crippen molar-refractivity contribution in [2.45, 2.75) is 32.0 Å². The highest BCUT2D eigenvalue weighted by atomic mass is 16.5. The van der Waals surface area contributed by atoms with E-state index < -0.39 is 0 Å². The van der Waals surface area contributed by atoms with Crippen LogP contribution < -0.4 is 0 Å². The Balaban J connectivity index is 1.83. The van der Waals surface area contributed by atoms with Crippen molar-refractivity contribution in [2.75, 3.05) is 0 Å². The van der Waals surface area contributed by atoms with Crippen molar-refractivity contribution in [2.24, 2.45) is 5.92 Å². The molecule has 78 valence electrons. The van der Waals surface area contributed by atoms with Crippen LogP contribution in [0.2, 0.25) is 0 Å². The molecule has 1 saturated carbocycles. The molecule has 0 amide bonds. The number of hydrogen-bond donors (Lipinski definition) is 0. The SMILES string of the molecule is N#CC[C@@H](OCc1ccccc1)C1CC1. The van der Waals surface area contributed by atoms with Crippen LogP contribution in [-0.2, 0) is 11.3 Å². The Morgan fingerprint density at radius 3 is 2.67 bits per heavy atom. The quantitative estimate of drug-likeness (QED) is 0.733. The molecule has 1 aliphatic carbocycles. The van der Waals surface area contributed by atoms with E-state index in [9.17, 15) is 0 Å². The first-order valence-corrected chi connectivity index (χ1v) is 5.42. The minimum atomic E-state index is 0.148. The molecule has 15 heavy (non-hydrogen) atoms. The summed E-state index contributed by atoms with van der Waals surface area (Å²) in [4.78, 5) is 0. The number of rotatable bonds is 5. The van der Waals surface area contributed by atoms with Gasteiger partial charge in [0.1, 0.15) is 0 Å². The number of benzene rings is 1. The van der Waals surface area contributed by atoms with Crippen molar-refractivity contribution in [1.82, 2.24) is 0 Å². The first kappa shape index (κ1) is 10.2. The Morgan fingerprint density at radius 1 is 1.33 bits per heavy atom. The van der Waals surface area contributed by atoms with E-state index >= 15 is 0 Å². The average Bonchev–Trinajstić information content (AvgIpc) is 3.09. The van der Waals surface area contributed by atoms with Gasteiger partial charge in [-0.1, -0.05) is 30.3 Å². The van der Waals surface area contributed by atoms with Crippen molar-refractivity contribution in [3.05, 3.63) is 35.9 Å². The zero-order valence-corrected chi connectivity index (χ0v) is 8.73. The van der Waals surface area contributed by atoms with Gasteiger partial charge in [0.05, 0.1) is 25.2 Å². The summed E-state index contributed by atoms with van der Waals surface area (Å²) in [5.41, 5.74) is 1.18. The topological polar surface area (TPSA) is 33.0 Å². The fourth-order valence-corrected chi connectivity index (χ4v) is 1.70. The van der Waals surface area contributed by atoms with Crippen LogP contribution in [0.5, 0.6) is 0 Å². The lowest BCUT2D eigenvalue weighted by Gasteiger charge is -2.13. The van der Waals surface area contributed by atoms with Gasteiger partial charge in [-0.05, 0) is 24.3 Å². The van der Waals surface area contributed by atoms with E-state index in [-0.39, 0.29) is 6.10 Å². The van der Waals surface area contributed by atoms with Crippen molar-refractivity contribution in [3.8, 4) is 6.07 Å². The minimum Gasteiger partial charge on any atom is -0.372 e. The van der Waals surface area contributed by atoms with Gasteiger partial charge in [-0.2, -0.15) is 5.26 Å². The third-order valence-corrected chi connectivity index (χ3v) is 2.75. The monoisotopic (exact) mass is 201 g/mol. The summed E-state index contributed by atoms with van der Waals surface area (Å²) in [5.74, 6) is 0.633. The van der Waals surface area contributed by atoms with Gasteiger partial charge < -0.3 is 4.74 Å². The van der Waals surface area contributed by atoms with Crippen LogP contribution in [-0.4, -0.2) is 6.10 Å². The summed E-state index contributed by atoms with van der Waals surface area (Å²) in [5, 5.41) is 8.68. The summed E-state index contributed by atoms with van der Waals surface area (Å²) in [7, 11) is 0. The maximum atomic E-state index is 8.68. The van der Waals surface area contributed by atoms with Crippen molar-refractivity contribution < 1.29 is 4.74 Å². The van der Waals surface area contributed by atoms with Crippen LogP contribution in [0.25, 0.3) is 0 Å². The summed E-state index contributed by atoms with van der Waals surface area (Å²) >= 11 is 0. The predicted octanol–water partition coefficient (Wildman–Crippen LogP) is 2.90. The normalized spacial score (nSPS) is 17.0. The van der Waals surface area contributed by atoms with Gasteiger partial charge in [0.2, 0.25) is 0 Å². The van der Waals surface area contributed by atoms with E-state index in [1.165, 1.54) is 18.4 Å². The molecule has 0 saturated heterocycles. The van der Waals surface area contributed by atoms with Crippen LogP contribution in [0.15, 0.2) is 30.3 Å². The molecular weight excluding hydrogens is 186 g/mol. The lowest BCUT2D eigenvalue weighted by molar-refractivity contribution is 0.0291. The Hall–Kier alpha value is -1.33. The summed E-state index contributed by atoms with van der Waals surface area (Å²) in [6, 6.07) is 12.3. The molecule has 0 spiro atoms. The number of nitrogens with zero attached hydrogens (tertiary/aromatic N) is 1. The van der Waals surface area contributed by atoms with E-state index in [1.54, 1.807) is 0 Å². The van der Waals surface area contributed by atoms with Crippen LogP contribution in [0.3, 0.4) is 0 Å². The summed E-state index contributed by atoms with van der Waals surface area (Å²) < 4.78 is 5.77. The summed E-state index contributed by atoms with van der Waals surface area (Å²) in [6.45, 7) is 0.629. The highest BCUT2D eigenvalue weighted by molar-refractivity contribution is 5.13. The van der Waals surface area contributed by atoms with E-state index in [4.69, 9.17) is 10.00 Å². The molecule has 2 rings (SSSR count). The molecule has 0 unspecified atom stereocenters. The second-order valence-electron chi connectivity index (χ2n) is 4.03. The third-order valence-electron chi connectivity index (χ3n) is 2.75. The van der Waals surface area contributed by atoms with Gasteiger partial charge in [-0.15, -0.1) is 0 Å². The molecule has 0 N–H and O–H groups in total. The standard InChI is InChI=1S/C13H15NO/c14-9-8-13(12-6-7-12)15-10-11-4-2-1-3-5-11/h1-5,12-13H,6-8,10H2/t13-/m1/s1. The van der Waals surface area contributed by atoms with Crippen LogP contribution >= 0.6 is 0 Å². The Bertz CT molecular complexity index is 337. The van der Waals surface area contributed by atoms with Gasteiger partial charge >= 0.3 is 0 Å².